The molecule has 0 saturated heterocycles. The van der Waals surface area contributed by atoms with Crippen LogP contribution in [0.1, 0.15) is 0 Å². The Kier molecular flexibility index (Phi) is 3.18. The van der Waals surface area contributed by atoms with Gasteiger partial charge < -0.3 is 13.7 Å². The molecule has 0 aliphatic heterocycles. The minimum atomic E-state index is -3.22. The van der Waals surface area contributed by atoms with E-state index in [4.69, 9.17) is 13.7 Å². The fourth-order valence-electron chi connectivity index (χ4n) is 0.104. The third kappa shape index (κ3) is 6.71. The lowest BCUT2D eigenvalue weighted by atomic mass is 11.0. The van der Waals surface area contributed by atoms with E-state index in [0.717, 1.165) is 0 Å². The highest BCUT2D eigenvalue weighted by molar-refractivity contribution is 9.09. The average molecular weight is 191 g/mol. The lowest BCUT2D eigenvalue weighted by Gasteiger charge is -2.16. The standard InChI is InChI=1S/C2H7BrO3S/c3-1-2-7(4,5)6/h4-6H,1-2H2. The Hall–Kier alpha value is 0.710. The monoisotopic (exact) mass is 190 g/mol. The summed E-state index contributed by atoms with van der Waals surface area (Å²) in [6.45, 7) is 0. The van der Waals surface area contributed by atoms with Crippen LogP contribution < -0.4 is 0 Å². The van der Waals surface area contributed by atoms with Crippen molar-refractivity contribution in [3.8, 4) is 0 Å². The molecule has 0 aromatic carbocycles. The molecule has 0 heterocycles. The minimum absolute atomic E-state index is 0.00694. The number of rotatable bonds is 2. The van der Waals surface area contributed by atoms with Gasteiger partial charge in [0, 0.05) is 5.33 Å². The van der Waals surface area contributed by atoms with Crippen LogP contribution in [0.4, 0.5) is 0 Å². The van der Waals surface area contributed by atoms with Gasteiger partial charge in [0.05, 0.1) is 16.6 Å². The Labute approximate surface area is 52.0 Å². The molecule has 0 radical (unpaired) electrons. The number of alkyl halides is 1. The van der Waals surface area contributed by atoms with Crippen LogP contribution in [-0.2, 0) is 0 Å². The molecule has 0 aliphatic rings. The van der Waals surface area contributed by atoms with Gasteiger partial charge in [0.25, 0.3) is 0 Å². The first-order chi connectivity index (χ1) is 3.06. The normalized spacial score (nSPS) is 14.3. The van der Waals surface area contributed by atoms with Crippen LogP contribution in [0.3, 0.4) is 0 Å². The van der Waals surface area contributed by atoms with Crippen LogP contribution in [-0.4, -0.2) is 24.7 Å². The van der Waals surface area contributed by atoms with Crippen LogP contribution >= 0.6 is 26.8 Å². The SMILES string of the molecule is OS(O)(O)CCBr. The molecule has 3 N–H and O–H groups in total. The van der Waals surface area contributed by atoms with Gasteiger partial charge in [-0.15, -0.1) is 0 Å². The Bertz CT molecular complexity index is 51.4. The highest BCUT2D eigenvalue weighted by Crippen LogP contribution is 2.31. The van der Waals surface area contributed by atoms with Crippen molar-refractivity contribution in [2.24, 2.45) is 0 Å². The molecule has 3 nitrogen and oxygen atoms in total. The molecule has 7 heavy (non-hydrogen) atoms. The summed E-state index contributed by atoms with van der Waals surface area (Å²) < 4.78 is 24.5. The maximum atomic E-state index is 8.18. The van der Waals surface area contributed by atoms with Crippen molar-refractivity contribution in [3.05, 3.63) is 0 Å². The van der Waals surface area contributed by atoms with Gasteiger partial charge >= 0.3 is 0 Å². The van der Waals surface area contributed by atoms with Gasteiger partial charge in [-0.2, -0.15) is 0 Å². The molecule has 0 fully saturated rings. The molecule has 0 amide bonds. The van der Waals surface area contributed by atoms with Crippen LogP contribution in [0.15, 0.2) is 0 Å². The average Bonchev–Trinajstić information content (AvgIpc) is 1.30. The van der Waals surface area contributed by atoms with Gasteiger partial charge in [-0.25, -0.2) is 0 Å². The number of halogens is 1. The topological polar surface area (TPSA) is 60.7 Å². The second-order valence-electron chi connectivity index (χ2n) is 1.03. The molecule has 0 unspecified atom stereocenters. The molecule has 0 saturated carbocycles. The van der Waals surface area contributed by atoms with Crippen LogP contribution in [0.2, 0.25) is 0 Å². The highest BCUT2D eigenvalue weighted by Gasteiger charge is 2.07. The summed E-state index contributed by atoms with van der Waals surface area (Å²) in [5.41, 5.74) is 0. The molecule has 0 bridgehead atoms. The minimum Gasteiger partial charge on any atom is -0.308 e. The summed E-state index contributed by atoms with van der Waals surface area (Å²) in [6.07, 6.45) is 0. The zero-order valence-electron chi connectivity index (χ0n) is 3.54. The summed E-state index contributed by atoms with van der Waals surface area (Å²) >= 11 is 2.93. The molecule has 0 spiro atoms. The Morgan fingerprint density at radius 1 is 1.29 bits per heavy atom. The molecule has 0 aromatic rings. The fourth-order valence-corrected chi connectivity index (χ4v) is 1.61. The molecular formula is C2H7BrO3S. The molecular weight excluding hydrogens is 184 g/mol. The van der Waals surface area contributed by atoms with Crippen molar-refractivity contribution in [3.63, 3.8) is 0 Å². The van der Waals surface area contributed by atoms with E-state index in [1.165, 1.54) is 0 Å². The Morgan fingerprint density at radius 3 is 1.71 bits per heavy atom. The van der Waals surface area contributed by atoms with Crippen LogP contribution in [0.25, 0.3) is 0 Å². The van der Waals surface area contributed by atoms with Crippen molar-refractivity contribution in [2.45, 2.75) is 0 Å². The maximum Gasteiger partial charge on any atom is 0.0818 e. The van der Waals surface area contributed by atoms with Gasteiger partial charge in [-0.05, 0) is 0 Å². The summed E-state index contributed by atoms with van der Waals surface area (Å²) in [7, 11) is -3.22. The summed E-state index contributed by atoms with van der Waals surface area (Å²) in [5.74, 6) is 0.00694. The first-order valence-electron chi connectivity index (χ1n) is 1.60. The van der Waals surface area contributed by atoms with Gasteiger partial charge in [0.15, 0.2) is 0 Å². The number of hydrogen-bond acceptors (Lipinski definition) is 3. The van der Waals surface area contributed by atoms with E-state index in [-0.39, 0.29) is 5.75 Å². The fraction of sp³-hybridized carbons (Fsp3) is 1.00. The van der Waals surface area contributed by atoms with Crippen molar-refractivity contribution in [2.75, 3.05) is 11.1 Å². The Morgan fingerprint density at radius 2 is 1.71 bits per heavy atom. The third-order valence-corrected chi connectivity index (χ3v) is 2.02. The summed E-state index contributed by atoms with van der Waals surface area (Å²) in [4.78, 5) is 0. The van der Waals surface area contributed by atoms with E-state index in [1.54, 1.807) is 0 Å². The quantitative estimate of drug-likeness (QED) is 0.581. The maximum absolute atomic E-state index is 8.18. The second kappa shape index (κ2) is 2.88. The third-order valence-electron chi connectivity index (χ3n) is 0.351. The smallest absolute Gasteiger partial charge is 0.0818 e. The molecule has 46 valence electrons. The highest BCUT2D eigenvalue weighted by atomic mass is 79.9. The van der Waals surface area contributed by atoms with E-state index < -0.39 is 10.9 Å². The van der Waals surface area contributed by atoms with Crippen molar-refractivity contribution >= 4 is 26.8 Å². The lowest BCUT2D eigenvalue weighted by molar-refractivity contribution is 0.378. The van der Waals surface area contributed by atoms with Crippen molar-refractivity contribution in [1.29, 1.82) is 0 Å². The van der Waals surface area contributed by atoms with Gasteiger partial charge in [-0.3, -0.25) is 0 Å². The van der Waals surface area contributed by atoms with Crippen LogP contribution in [0, 0.1) is 0 Å². The van der Waals surface area contributed by atoms with E-state index >= 15 is 0 Å². The lowest BCUT2D eigenvalue weighted by Crippen LogP contribution is -2.00. The molecule has 5 heteroatoms. The van der Waals surface area contributed by atoms with E-state index in [1.807, 2.05) is 0 Å². The van der Waals surface area contributed by atoms with E-state index in [0.29, 0.717) is 5.33 Å². The largest absolute Gasteiger partial charge is 0.308 e. The predicted octanol–water partition coefficient (Wildman–Crippen LogP) is 1.60. The van der Waals surface area contributed by atoms with Gasteiger partial charge in [-0.1, -0.05) is 15.9 Å². The van der Waals surface area contributed by atoms with Crippen molar-refractivity contribution < 1.29 is 13.7 Å². The molecule has 0 rings (SSSR count). The Balaban J connectivity index is 3.15. The predicted molar refractivity (Wildman–Crippen MR) is 34.1 cm³/mol. The van der Waals surface area contributed by atoms with Crippen LogP contribution in [0.5, 0.6) is 0 Å². The molecule has 0 aliphatic carbocycles. The second-order valence-corrected chi connectivity index (χ2v) is 3.49. The first-order valence-corrected chi connectivity index (χ1v) is 4.40. The molecule has 0 atom stereocenters. The zero-order chi connectivity index (χ0) is 5.91. The van der Waals surface area contributed by atoms with E-state index in [2.05, 4.69) is 15.9 Å². The summed E-state index contributed by atoms with van der Waals surface area (Å²) in [6, 6.07) is 0. The van der Waals surface area contributed by atoms with Crippen molar-refractivity contribution in [1.82, 2.24) is 0 Å². The van der Waals surface area contributed by atoms with Gasteiger partial charge in [0.1, 0.15) is 0 Å². The first kappa shape index (κ1) is 7.71. The number of hydrogen-bond donors (Lipinski definition) is 3. The summed E-state index contributed by atoms with van der Waals surface area (Å²) in [5, 5.41) is 0.409. The molecule has 0 aromatic heterocycles. The zero-order valence-corrected chi connectivity index (χ0v) is 5.94. The van der Waals surface area contributed by atoms with Gasteiger partial charge in [0.2, 0.25) is 0 Å². The van der Waals surface area contributed by atoms with E-state index in [9.17, 15) is 0 Å².